The van der Waals surface area contributed by atoms with Gasteiger partial charge in [0.1, 0.15) is 0 Å². The lowest BCUT2D eigenvalue weighted by Gasteiger charge is -2.32. The highest BCUT2D eigenvalue weighted by Gasteiger charge is 2.33. The fraction of sp³-hybridized carbons (Fsp3) is 0.100. The number of hydrogen-bond acceptors (Lipinski definition) is 0. The van der Waals surface area contributed by atoms with Crippen LogP contribution >= 0.6 is 23.2 Å². The van der Waals surface area contributed by atoms with Gasteiger partial charge in [0.2, 0.25) is 0 Å². The van der Waals surface area contributed by atoms with E-state index in [1.807, 2.05) is 48.5 Å². The molecule has 3 rings (SSSR count). The topological polar surface area (TPSA) is 0 Å². The van der Waals surface area contributed by atoms with Crippen LogP contribution in [0.3, 0.4) is 0 Å². The summed E-state index contributed by atoms with van der Waals surface area (Å²) in [5.41, 5.74) is 2.29. The summed E-state index contributed by atoms with van der Waals surface area (Å²) in [6.07, 6.45) is 0. The highest BCUT2D eigenvalue weighted by Crippen LogP contribution is 2.42. The molecule has 0 saturated heterocycles. The summed E-state index contributed by atoms with van der Waals surface area (Å²) in [4.78, 5) is 0. The summed E-state index contributed by atoms with van der Waals surface area (Å²) in [5, 5.41) is 1.30. The van der Waals surface area contributed by atoms with Gasteiger partial charge in [-0.3, -0.25) is 0 Å². The van der Waals surface area contributed by atoms with Gasteiger partial charge in [-0.1, -0.05) is 47.5 Å². The van der Waals surface area contributed by atoms with E-state index in [0.29, 0.717) is 10.0 Å². The molecule has 3 aromatic rings. The Kier molecular flexibility index (Phi) is 4.24. The van der Waals surface area contributed by atoms with Gasteiger partial charge in [-0.15, -0.1) is 0 Å². The van der Waals surface area contributed by atoms with E-state index in [2.05, 4.69) is 31.2 Å². The molecule has 0 aliphatic rings. The molecular formula is C20H12Cl2. The Hall–Kier alpha value is -1.76. The van der Waals surface area contributed by atoms with Crippen molar-refractivity contribution in [3.8, 4) is 0 Å². The lowest BCUT2D eigenvalue weighted by molar-refractivity contribution is 0.690. The molecule has 4 radical (unpaired) electrons. The van der Waals surface area contributed by atoms with Crippen molar-refractivity contribution < 1.29 is 0 Å². The van der Waals surface area contributed by atoms with Crippen LogP contribution in [0.5, 0.6) is 0 Å². The first-order valence-corrected chi connectivity index (χ1v) is 7.60. The van der Waals surface area contributed by atoms with Crippen LogP contribution < -0.4 is 0 Å². The third-order valence-corrected chi connectivity index (χ3v) is 4.40. The zero-order chi connectivity index (χ0) is 15.6. The molecule has 0 nitrogen and oxygen atoms in total. The Morgan fingerprint density at radius 2 is 1.45 bits per heavy atom. The zero-order valence-electron chi connectivity index (χ0n) is 12.0. The second-order valence-corrected chi connectivity index (χ2v) is 6.00. The highest BCUT2D eigenvalue weighted by atomic mass is 35.5. The summed E-state index contributed by atoms with van der Waals surface area (Å²) >= 11 is 12.7. The van der Waals surface area contributed by atoms with Crippen molar-refractivity contribution in [2.24, 2.45) is 0 Å². The van der Waals surface area contributed by atoms with Crippen LogP contribution in [-0.4, -0.2) is 0 Å². The van der Waals surface area contributed by atoms with Crippen molar-refractivity contribution >= 4 is 23.2 Å². The molecule has 0 atom stereocenters. The number of hydrogen-bond donors (Lipinski definition) is 0. The second-order valence-electron chi connectivity index (χ2n) is 5.15. The molecule has 0 aromatic heterocycles. The molecule has 0 bridgehead atoms. The van der Waals surface area contributed by atoms with Crippen LogP contribution in [0.25, 0.3) is 0 Å². The predicted octanol–water partition coefficient (Wildman–Crippen LogP) is 5.55. The van der Waals surface area contributed by atoms with Gasteiger partial charge in [-0.2, -0.15) is 0 Å². The van der Waals surface area contributed by atoms with E-state index >= 15 is 0 Å². The molecule has 0 saturated carbocycles. The summed E-state index contributed by atoms with van der Waals surface area (Å²) in [5.74, 6) is 0. The quantitative estimate of drug-likeness (QED) is 0.555. The molecule has 0 aliphatic carbocycles. The van der Waals surface area contributed by atoms with E-state index in [9.17, 15) is 0 Å². The highest BCUT2D eigenvalue weighted by molar-refractivity contribution is 6.33. The van der Waals surface area contributed by atoms with Crippen LogP contribution in [0.1, 0.15) is 23.6 Å². The maximum Gasteiger partial charge on any atom is 0.0451 e. The Bertz CT molecular complexity index is 725. The molecular weight excluding hydrogens is 311 g/mol. The fourth-order valence-electron chi connectivity index (χ4n) is 2.60. The lowest BCUT2D eigenvalue weighted by Crippen LogP contribution is -2.26. The Morgan fingerprint density at radius 3 is 1.95 bits per heavy atom. The average molecular weight is 323 g/mol. The normalized spacial score (nSPS) is 11.4. The molecule has 0 heterocycles. The summed E-state index contributed by atoms with van der Waals surface area (Å²) in [6, 6.07) is 29.5. The van der Waals surface area contributed by atoms with E-state index < -0.39 is 5.41 Å². The molecule has 0 spiro atoms. The minimum Gasteiger partial charge on any atom is -0.0843 e. The van der Waals surface area contributed by atoms with Crippen molar-refractivity contribution in [1.82, 2.24) is 0 Å². The van der Waals surface area contributed by atoms with Gasteiger partial charge in [-0.25, -0.2) is 0 Å². The van der Waals surface area contributed by atoms with Crippen LogP contribution in [0, 0.1) is 24.3 Å². The summed E-state index contributed by atoms with van der Waals surface area (Å²) in [7, 11) is 0. The van der Waals surface area contributed by atoms with Crippen molar-refractivity contribution in [1.29, 1.82) is 0 Å². The van der Waals surface area contributed by atoms with E-state index in [1.165, 1.54) is 0 Å². The monoisotopic (exact) mass is 322 g/mol. The SMILES string of the molecule is CC(c1[c]cc[c]c1)(c1[c]cc[c]c1)c1cc(Cl)ccc1Cl. The van der Waals surface area contributed by atoms with Gasteiger partial charge in [0.05, 0.1) is 0 Å². The van der Waals surface area contributed by atoms with Crippen molar-refractivity contribution in [2.75, 3.05) is 0 Å². The molecule has 3 aromatic carbocycles. The summed E-state index contributed by atoms with van der Waals surface area (Å²) in [6.45, 7) is 2.09. The largest absolute Gasteiger partial charge is 0.0843 e. The number of benzene rings is 3. The molecule has 0 amide bonds. The minimum atomic E-state index is -0.530. The molecule has 2 heteroatoms. The Balaban J connectivity index is 2.31. The van der Waals surface area contributed by atoms with Crippen LogP contribution in [-0.2, 0) is 5.41 Å². The van der Waals surface area contributed by atoms with Gasteiger partial charge < -0.3 is 0 Å². The van der Waals surface area contributed by atoms with Gasteiger partial charge in [-0.05, 0) is 78.2 Å². The molecule has 0 aliphatic heterocycles. The average Bonchev–Trinajstić information content (AvgIpc) is 2.58. The maximum atomic E-state index is 6.47. The first kappa shape index (κ1) is 15.1. The van der Waals surface area contributed by atoms with Gasteiger partial charge in [0.15, 0.2) is 0 Å². The van der Waals surface area contributed by atoms with Crippen LogP contribution in [0.15, 0.2) is 54.6 Å². The molecule has 106 valence electrons. The summed E-state index contributed by atoms with van der Waals surface area (Å²) < 4.78 is 0. The Labute approximate surface area is 141 Å². The predicted molar refractivity (Wildman–Crippen MR) is 90.2 cm³/mol. The van der Waals surface area contributed by atoms with Gasteiger partial charge in [0.25, 0.3) is 0 Å². The van der Waals surface area contributed by atoms with E-state index in [0.717, 1.165) is 16.7 Å². The van der Waals surface area contributed by atoms with Gasteiger partial charge >= 0.3 is 0 Å². The zero-order valence-corrected chi connectivity index (χ0v) is 13.5. The van der Waals surface area contributed by atoms with E-state index in [4.69, 9.17) is 23.2 Å². The smallest absolute Gasteiger partial charge is 0.0451 e. The van der Waals surface area contributed by atoms with Crippen LogP contribution in [0.2, 0.25) is 10.0 Å². The molecule has 0 fully saturated rings. The Morgan fingerprint density at radius 1 is 0.864 bits per heavy atom. The van der Waals surface area contributed by atoms with Crippen molar-refractivity contribution in [3.05, 3.63) is 106 Å². The maximum absolute atomic E-state index is 6.47. The molecule has 0 N–H and O–H groups in total. The molecule has 22 heavy (non-hydrogen) atoms. The lowest BCUT2D eigenvalue weighted by atomic mass is 9.71. The fourth-order valence-corrected chi connectivity index (χ4v) is 3.08. The number of halogens is 2. The first-order chi connectivity index (χ1) is 10.6. The van der Waals surface area contributed by atoms with Crippen molar-refractivity contribution in [3.63, 3.8) is 0 Å². The first-order valence-electron chi connectivity index (χ1n) is 6.84. The standard InChI is InChI=1S/C20H12Cl2/c1-20(15-8-4-2-5-9-15,16-10-6-3-7-11-16)18-14-17(21)12-13-19(18)22/h2-4,6,9,11-14H,1H3. The second kappa shape index (κ2) is 6.16. The van der Waals surface area contributed by atoms with E-state index in [1.54, 1.807) is 6.07 Å². The minimum absolute atomic E-state index is 0.530. The van der Waals surface area contributed by atoms with Crippen LogP contribution in [0.4, 0.5) is 0 Å². The number of rotatable bonds is 3. The molecule has 0 unspecified atom stereocenters. The third kappa shape index (κ3) is 2.65. The van der Waals surface area contributed by atoms with Crippen molar-refractivity contribution in [2.45, 2.75) is 12.3 Å². The van der Waals surface area contributed by atoms with Gasteiger partial charge in [0, 0.05) is 15.5 Å². The van der Waals surface area contributed by atoms with E-state index in [-0.39, 0.29) is 0 Å². The third-order valence-electron chi connectivity index (χ3n) is 3.84.